The molecule has 0 spiro atoms. The molecule has 8 heteroatoms. The lowest BCUT2D eigenvalue weighted by Crippen LogP contribution is -2.40. The smallest absolute Gasteiger partial charge is 0.326 e. The molecule has 0 bridgehead atoms. The lowest BCUT2D eigenvalue weighted by atomic mass is 10.0. The van der Waals surface area contributed by atoms with Crippen LogP contribution in [0.4, 0.5) is 5.69 Å². The van der Waals surface area contributed by atoms with Crippen molar-refractivity contribution in [3.8, 4) is 0 Å². The summed E-state index contributed by atoms with van der Waals surface area (Å²) in [6, 6.07) is 12.4. The Labute approximate surface area is 178 Å². The molecule has 2 N–H and O–H groups in total. The van der Waals surface area contributed by atoms with Gasteiger partial charge < -0.3 is 15.3 Å². The Morgan fingerprint density at radius 1 is 1.07 bits per heavy atom. The summed E-state index contributed by atoms with van der Waals surface area (Å²) < 4.78 is 0. The van der Waals surface area contributed by atoms with Gasteiger partial charge in [-0.25, -0.2) is 4.79 Å². The molecule has 2 amide bonds. The van der Waals surface area contributed by atoms with Crippen molar-refractivity contribution in [2.24, 2.45) is 0 Å². The Bertz CT molecular complexity index is 977. The summed E-state index contributed by atoms with van der Waals surface area (Å²) >= 11 is 6.04. The minimum absolute atomic E-state index is 0.106. The molecule has 1 aliphatic heterocycles. The van der Waals surface area contributed by atoms with Crippen LogP contribution in [0.3, 0.4) is 0 Å². The topological polar surface area (TPSA) is 104 Å². The van der Waals surface area contributed by atoms with Gasteiger partial charge in [-0.2, -0.15) is 0 Å². The van der Waals surface area contributed by atoms with Crippen LogP contribution in [0.5, 0.6) is 0 Å². The van der Waals surface area contributed by atoms with E-state index in [0.29, 0.717) is 35.7 Å². The number of aliphatic carboxylic acids is 1. The van der Waals surface area contributed by atoms with Crippen LogP contribution in [0.2, 0.25) is 5.02 Å². The van der Waals surface area contributed by atoms with Gasteiger partial charge in [-0.05, 0) is 31.0 Å². The van der Waals surface area contributed by atoms with Crippen molar-refractivity contribution in [1.82, 2.24) is 4.90 Å². The average Bonchev–Trinajstić information content (AvgIpc) is 3.24. The molecule has 0 unspecified atom stereocenters. The van der Waals surface area contributed by atoms with E-state index in [-0.39, 0.29) is 30.1 Å². The summed E-state index contributed by atoms with van der Waals surface area (Å²) in [5, 5.41) is 12.2. The highest BCUT2D eigenvalue weighted by Crippen LogP contribution is 2.24. The summed E-state index contributed by atoms with van der Waals surface area (Å²) in [7, 11) is 0. The fourth-order valence-corrected chi connectivity index (χ4v) is 3.63. The SMILES string of the molecule is O=C(CCC(=O)N1CCC[C@H]1C(=O)O)Nc1ccc(Cl)cc1C(=O)c1ccccc1. The Morgan fingerprint density at radius 3 is 2.50 bits per heavy atom. The second-order valence-corrected chi connectivity index (χ2v) is 7.45. The number of carboxylic acid groups (broad SMARTS) is 1. The van der Waals surface area contributed by atoms with Gasteiger partial charge in [0.1, 0.15) is 6.04 Å². The highest BCUT2D eigenvalue weighted by molar-refractivity contribution is 6.31. The number of hydrogen-bond acceptors (Lipinski definition) is 4. The van der Waals surface area contributed by atoms with Crippen molar-refractivity contribution in [3.63, 3.8) is 0 Å². The molecule has 156 valence electrons. The van der Waals surface area contributed by atoms with E-state index in [1.165, 1.54) is 11.0 Å². The van der Waals surface area contributed by atoms with Crippen LogP contribution < -0.4 is 5.32 Å². The largest absolute Gasteiger partial charge is 0.480 e. The van der Waals surface area contributed by atoms with E-state index in [4.69, 9.17) is 11.6 Å². The minimum Gasteiger partial charge on any atom is -0.480 e. The maximum absolute atomic E-state index is 12.8. The molecule has 3 rings (SSSR count). The number of carbonyl (C=O) groups is 4. The number of benzene rings is 2. The van der Waals surface area contributed by atoms with Gasteiger partial charge in [-0.1, -0.05) is 41.9 Å². The van der Waals surface area contributed by atoms with E-state index < -0.39 is 17.9 Å². The van der Waals surface area contributed by atoms with Crippen LogP contribution in [0.15, 0.2) is 48.5 Å². The van der Waals surface area contributed by atoms with E-state index >= 15 is 0 Å². The number of amides is 2. The number of nitrogens with zero attached hydrogens (tertiary/aromatic N) is 1. The van der Waals surface area contributed by atoms with Crippen LogP contribution in [0, 0.1) is 0 Å². The van der Waals surface area contributed by atoms with Crippen LogP contribution in [0.1, 0.15) is 41.6 Å². The van der Waals surface area contributed by atoms with Gasteiger partial charge in [0.05, 0.1) is 5.69 Å². The average molecular weight is 429 g/mol. The molecule has 1 atom stereocenters. The van der Waals surface area contributed by atoms with Gasteiger partial charge >= 0.3 is 5.97 Å². The Morgan fingerprint density at radius 2 is 1.80 bits per heavy atom. The predicted molar refractivity (Wildman–Crippen MR) is 112 cm³/mol. The quantitative estimate of drug-likeness (QED) is 0.658. The molecule has 7 nitrogen and oxygen atoms in total. The molecule has 0 aliphatic carbocycles. The van der Waals surface area contributed by atoms with Crippen LogP contribution >= 0.6 is 11.6 Å². The fraction of sp³-hybridized carbons (Fsp3) is 0.273. The third-order valence-electron chi connectivity index (χ3n) is 4.96. The standard InChI is InChI=1S/C22H21ClN2O5/c23-15-8-9-17(16(13-15)21(28)14-5-2-1-3-6-14)24-19(26)10-11-20(27)25-12-4-7-18(25)22(29)30/h1-3,5-6,8-9,13,18H,4,7,10-12H2,(H,24,26)(H,29,30)/t18-/m0/s1. The number of halogens is 1. The second-order valence-electron chi connectivity index (χ2n) is 7.02. The predicted octanol–water partition coefficient (Wildman–Crippen LogP) is 3.37. The molecule has 1 heterocycles. The lowest BCUT2D eigenvalue weighted by molar-refractivity contribution is -0.148. The zero-order valence-corrected chi connectivity index (χ0v) is 16.9. The van der Waals surface area contributed by atoms with Gasteiger partial charge in [0.15, 0.2) is 5.78 Å². The molecule has 1 aliphatic rings. The summed E-state index contributed by atoms with van der Waals surface area (Å²) in [5.41, 5.74) is 1.01. The lowest BCUT2D eigenvalue weighted by Gasteiger charge is -2.21. The van der Waals surface area contributed by atoms with Crippen molar-refractivity contribution < 1.29 is 24.3 Å². The molecular formula is C22H21ClN2O5. The van der Waals surface area contributed by atoms with Crippen molar-refractivity contribution in [1.29, 1.82) is 0 Å². The summed E-state index contributed by atoms with van der Waals surface area (Å²) in [6.45, 7) is 0.379. The number of carbonyl (C=O) groups excluding carboxylic acids is 3. The number of rotatable bonds is 7. The number of nitrogens with one attached hydrogen (secondary N) is 1. The first-order chi connectivity index (χ1) is 14.4. The number of carboxylic acids is 1. The molecule has 2 aromatic rings. The van der Waals surface area contributed by atoms with E-state index in [1.807, 2.05) is 0 Å². The van der Waals surface area contributed by atoms with Crippen LogP contribution in [-0.2, 0) is 14.4 Å². The van der Waals surface area contributed by atoms with Gasteiger partial charge in [-0.3, -0.25) is 14.4 Å². The Hall–Kier alpha value is -3.19. The van der Waals surface area contributed by atoms with Crippen LogP contribution in [0.25, 0.3) is 0 Å². The molecule has 0 radical (unpaired) electrons. The monoisotopic (exact) mass is 428 g/mol. The highest BCUT2D eigenvalue weighted by Gasteiger charge is 2.33. The number of anilines is 1. The maximum atomic E-state index is 12.8. The van der Waals surface area contributed by atoms with Gasteiger partial charge in [-0.15, -0.1) is 0 Å². The molecule has 0 aromatic heterocycles. The number of hydrogen-bond donors (Lipinski definition) is 2. The highest BCUT2D eigenvalue weighted by atomic mass is 35.5. The summed E-state index contributed by atoms with van der Waals surface area (Å²) in [6.07, 6.45) is 0.821. The minimum atomic E-state index is -1.03. The van der Waals surface area contributed by atoms with Crippen molar-refractivity contribution >= 4 is 40.9 Å². The van der Waals surface area contributed by atoms with Crippen molar-refractivity contribution in [3.05, 3.63) is 64.7 Å². The van der Waals surface area contributed by atoms with E-state index in [2.05, 4.69) is 5.32 Å². The van der Waals surface area contributed by atoms with Gasteiger partial charge in [0, 0.05) is 35.5 Å². The van der Waals surface area contributed by atoms with Crippen LogP contribution in [-0.4, -0.2) is 46.2 Å². The van der Waals surface area contributed by atoms with Gasteiger partial charge in [0.2, 0.25) is 11.8 Å². The molecule has 30 heavy (non-hydrogen) atoms. The third kappa shape index (κ3) is 5.04. The summed E-state index contributed by atoms with van der Waals surface area (Å²) in [5.74, 6) is -2.13. The number of ketones is 1. The first-order valence-electron chi connectivity index (χ1n) is 9.58. The molecular weight excluding hydrogens is 408 g/mol. The zero-order valence-electron chi connectivity index (χ0n) is 16.1. The number of likely N-dealkylation sites (tertiary alicyclic amines) is 1. The molecule has 0 saturated carbocycles. The molecule has 2 aromatic carbocycles. The third-order valence-corrected chi connectivity index (χ3v) is 5.20. The van der Waals surface area contributed by atoms with E-state index in [9.17, 15) is 24.3 Å². The Kier molecular flexibility index (Phi) is 6.84. The maximum Gasteiger partial charge on any atom is 0.326 e. The zero-order chi connectivity index (χ0) is 21.7. The second kappa shape index (κ2) is 9.54. The molecule has 1 fully saturated rings. The first kappa shape index (κ1) is 21.5. The first-order valence-corrected chi connectivity index (χ1v) is 9.96. The van der Waals surface area contributed by atoms with Gasteiger partial charge in [0.25, 0.3) is 0 Å². The van der Waals surface area contributed by atoms with Crippen molar-refractivity contribution in [2.75, 3.05) is 11.9 Å². The normalized spacial score (nSPS) is 15.6. The van der Waals surface area contributed by atoms with Crippen molar-refractivity contribution in [2.45, 2.75) is 31.7 Å². The Balaban J connectivity index is 1.66. The summed E-state index contributed by atoms with van der Waals surface area (Å²) in [4.78, 5) is 50.1. The fourth-order valence-electron chi connectivity index (χ4n) is 3.46. The van der Waals surface area contributed by atoms with E-state index in [0.717, 1.165) is 0 Å². The van der Waals surface area contributed by atoms with E-state index in [1.54, 1.807) is 42.5 Å². The molecule has 1 saturated heterocycles.